The highest BCUT2D eigenvalue weighted by atomic mass is 16.6. The van der Waals surface area contributed by atoms with E-state index in [9.17, 15) is 20.2 Å². The molecule has 1 rings (SSSR count). The van der Waals surface area contributed by atoms with Gasteiger partial charge in [0.25, 0.3) is 5.69 Å². The second-order valence-electron chi connectivity index (χ2n) is 2.99. The zero-order chi connectivity index (χ0) is 11.6. The number of nitro benzene ring substituents is 2. The molecular weight excluding hydrogens is 202 g/mol. The molecule has 0 heterocycles. The number of hydrogen-bond donors (Lipinski definition) is 0. The van der Waals surface area contributed by atoms with Crippen molar-refractivity contribution in [3.05, 3.63) is 38.4 Å². The van der Waals surface area contributed by atoms with Crippen LogP contribution in [-0.2, 0) is 0 Å². The zero-order valence-electron chi connectivity index (χ0n) is 8.13. The molecule has 0 aliphatic rings. The van der Waals surface area contributed by atoms with Crippen LogP contribution in [0.5, 0.6) is 0 Å². The van der Waals surface area contributed by atoms with E-state index in [1.54, 1.807) is 14.1 Å². The lowest BCUT2D eigenvalue weighted by molar-refractivity contribution is -0.394. The Kier molecular flexibility index (Phi) is 2.84. The molecule has 1 aromatic rings. The Hall–Kier alpha value is -2.18. The monoisotopic (exact) mass is 210 g/mol. The topological polar surface area (TPSA) is 89.5 Å². The van der Waals surface area contributed by atoms with Crippen LogP contribution >= 0.6 is 0 Å². The summed E-state index contributed by atoms with van der Waals surface area (Å²) in [5.41, 5.74) is -0.521. The van der Waals surface area contributed by atoms with Gasteiger partial charge in [-0.1, -0.05) is 0 Å². The summed E-state index contributed by atoms with van der Waals surface area (Å²) in [4.78, 5) is 21.1. The van der Waals surface area contributed by atoms with E-state index in [4.69, 9.17) is 0 Å². The SMILES string of the molecule is CN(C)c1ccc([N+](=O)[O-])[c]c1[N+](=O)[O-]. The maximum absolute atomic E-state index is 10.6. The van der Waals surface area contributed by atoms with Crippen molar-refractivity contribution in [1.82, 2.24) is 0 Å². The van der Waals surface area contributed by atoms with Crippen molar-refractivity contribution in [2.24, 2.45) is 0 Å². The second kappa shape index (κ2) is 3.91. The number of nitro groups is 2. The number of non-ortho nitro benzene ring substituents is 1. The van der Waals surface area contributed by atoms with E-state index in [0.717, 1.165) is 0 Å². The first-order valence-corrected chi connectivity index (χ1v) is 3.96. The average molecular weight is 210 g/mol. The van der Waals surface area contributed by atoms with Crippen molar-refractivity contribution in [2.45, 2.75) is 0 Å². The number of benzene rings is 1. The van der Waals surface area contributed by atoms with Gasteiger partial charge in [0, 0.05) is 20.2 Å². The lowest BCUT2D eigenvalue weighted by Gasteiger charge is -2.11. The molecular formula is C8H8N3O4. The van der Waals surface area contributed by atoms with E-state index in [-0.39, 0.29) is 5.69 Å². The van der Waals surface area contributed by atoms with E-state index < -0.39 is 21.2 Å². The van der Waals surface area contributed by atoms with Gasteiger partial charge in [-0.05, 0) is 6.07 Å². The van der Waals surface area contributed by atoms with Crippen molar-refractivity contribution in [3.8, 4) is 0 Å². The molecule has 15 heavy (non-hydrogen) atoms. The first-order valence-electron chi connectivity index (χ1n) is 3.96. The van der Waals surface area contributed by atoms with Crippen LogP contribution in [0.4, 0.5) is 17.1 Å². The highest BCUT2D eigenvalue weighted by Gasteiger charge is 2.21. The third-order valence-electron chi connectivity index (χ3n) is 1.75. The van der Waals surface area contributed by atoms with Crippen molar-refractivity contribution in [3.63, 3.8) is 0 Å². The number of nitrogens with zero attached hydrogens (tertiary/aromatic N) is 3. The Morgan fingerprint density at radius 1 is 1.20 bits per heavy atom. The standard InChI is InChI=1S/C8H8N3O4/c1-9(2)7-4-3-6(10(12)13)5-8(7)11(14)15/h3-4H,1-2H3. The minimum Gasteiger partial charge on any atom is -0.372 e. The first kappa shape index (κ1) is 10.9. The number of hydrogen-bond acceptors (Lipinski definition) is 5. The van der Waals surface area contributed by atoms with Crippen LogP contribution in [-0.4, -0.2) is 23.9 Å². The number of rotatable bonds is 3. The van der Waals surface area contributed by atoms with Gasteiger partial charge >= 0.3 is 5.69 Å². The summed E-state index contributed by atoms with van der Waals surface area (Å²) in [5.74, 6) is 0. The van der Waals surface area contributed by atoms with Crippen LogP contribution in [0.2, 0.25) is 0 Å². The minimum absolute atomic E-state index is 0.283. The van der Waals surface area contributed by atoms with Crippen molar-refractivity contribution >= 4 is 17.1 Å². The molecule has 0 N–H and O–H groups in total. The van der Waals surface area contributed by atoms with Gasteiger partial charge in [-0.25, -0.2) is 0 Å². The van der Waals surface area contributed by atoms with E-state index in [1.165, 1.54) is 17.0 Å². The molecule has 0 amide bonds. The third-order valence-corrected chi connectivity index (χ3v) is 1.75. The molecule has 0 aliphatic carbocycles. The molecule has 0 aromatic heterocycles. The van der Waals surface area contributed by atoms with E-state index in [0.29, 0.717) is 0 Å². The van der Waals surface area contributed by atoms with Gasteiger partial charge in [-0.2, -0.15) is 0 Å². The van der Waals surface area contributed by atoms with Gasteiger partial charge in [0.2, 0.25) is 0 Å². The molecule has 0 aliphatic heterocycles. The highest BCUT2D eigenvalue weighted by Crippen LogP contribution is 2.29. The minimum atomic E-state index is -0.716. The molecule has 0 fully saturated rings. The first-order chi connectivity index (χ1) is 6.93. The molecule has 0 saturated heterocycles. The summed E-state index contributed by atoms with van der Waals surface area (Å²) in [7, 11) is 3.23. The molecule has 0 saturated carbocycles. The average Bonchev–Trinajstić information content (AvgIpc) is 2.16. The molecule has 1 aromatic carbocycles. The number of anilines is 1. The predicted octanol–water partition coefficient (Wildman–Crippen LogP) is 1.37. The maximum atomic E-state index is 10.6. The fourth-order valence-corrected chi connectivity index (χ4v) is 1.07. The molecule has 79 valence electrons. The molecule has 7 heteroatoms. The Labute approximate surface area is 85.2 Å². The van der Waals surface area contributed by atoms with Gasteiger partial charge in [-0.15, -0.1) is 0 Å². The Bertz CT molecular complexity index is 416. The van der Waals surface area contributed by atoms with Crippen molar-refractivity contribution in [1.29, 1.82) is 0 Å². The van der Waals surface area contributed by atoms with Gasteiger partial charge in [0.05, 0.1) is 9.85 Å². The summed E-state index contributed by atoms with van der Waals surface area (Å²) in [5, 5.41) is 21.0. The highest BCUT2D eigenvalue weighted by molar-refractivity contribution is 5.65. The van der Waals surface area contributed by atoms with Crippen molar-refractivity contribution in [2.75, 3.05) is 19.0 Å². The summed E-state index contributed by atoms with van der Waals surface area (Å²) < 4.78 is 0. The molecule has 0 unspecified atom stereocenters. The smallest absolute Gasteiger partial charge is 0.307 e. The summed E-state index contributed by atoms with van der Waals surface area (Å²) >= 11 is 0. The molecule has 1 radical (unpaired) electrons. The maximum Gasteiger partial charge on any atom is 0.307 e. The zero-order valence-corrected chi connectivity index (χ0v) is 8.13. The molecule has 0 atom stereocenters. The Balaban J connectivity index is 3.33. The third kappa shape index (κ3) is 2.19. The van der Waals surface area contributed by atoms with Crippen LogP contribution in [0.3, 0.4) is 0 Å². The van der Waals surface area contributed by atoms with Crippen LogP contribution < -0.4 is 4.90 Å². The predicted molar refractivity (Wildman–Crippen MR) is 52.9 cm³/mol. The summed E-state index contributed by atoms with van der Waals surface area (Å²) in [6.07, 6.45) is 0. The van der Waals surface area contributed by atoms with Crippen LogP contribution in [0.15, 0.2) is 12.1 Å². The van der Waals surface area contributed by atoms with Gasteiger partial charge in [0.1, 0.15) is 5.69 Å². The van der Waals surface area contributed by atoms with E-state index in [1.807, 2.05) is 0 Å². The second-order valence-corrected chi connectivity index (χ2v) is 2.99. The van der Waals surface area contributed by atoms with Gasteiger partial charge in [-0.3, -0.25) is 20.2 Å². The van der Waals surface area contributed by atoms with E-state index in [2.05, 4.69) is 6.07 Å². The van der Waals surface area contributed by atoms with Gasteiger partial charge < -0.3 is 4.90 Å². The van der Waals surface area contributed by atoms with E-state index >= 15 is 0 Å². The quantitative estimate of drug-likeness (QED) is 0.555. The Morgan fingerprint density at radius 2 is 1.80 bits per heavy atom. The Morgan fingerprint density at radius 3 is 2.20 bits per heavy atom. The fourth-order valence-electron chi connectivity index (χ4n) is 1.07. The van der Waals surface area contributed by atoms with Gasteiger partial charge in [0.15, 0.2) is 6.07 Å². The fraction of sp³-hybridized carbons (Fsp3) is 0.250. The largest absolute Gasteiger partial charge is 0.372 e. The van der Waals surface area contributed by atoms with Crippen molar-refractivity contribution < 1.29 is 9.85 Å². The molecule has 0 bridgehead atoms. The molecule has 0 spiro atoms. The lowest BCUT2D eigenvalue weighted by Crippen LogP contribution is -2.11. The lowest BCUT2D eigenvalue weighted by atomic mass is 10.2. The van der Waals surface area contributed by atoms with Crippen LogP contribution in [0.1, 0.15) is 0 Å². The van der Waals surface area contributed by atoms with Crippen LogP contribution in [0, 0.1) is 26.3 Å². The molecule has 7 nitrogen and oxygen atoms in total. The summed E-state index contributed by atoms with van der Waals surface area (Å²) in [6.45, 7) is 0. The summed E-state index contributed by atoms with van der Waals surface area (Å²) in [6, 6.07) is 4.66. The normalized spacial score (nSPS) is 9.73. The van der Waals surface area contributed by atoms with Crippen LogP contribution in [0.25, 0.3) is 0 Å².